The third-order valence-electron chi connectivity index (χ3n) is 2.60. The average molecular weight is 266 g/mol. The van der Waals surface area contributed by atoms with E-state index in [2.05, 4.69) is 5.32 Å². The molecule has 0 saturated carbocycles. The standard InChI is InChI=1S/C14H22N2O3/c1-10(8-18-3)16-14(17)9-19-13-6-4-12(5-7-13)11(2)15/h4-7,10-11H,8-9,15H2,1-3H3,(H,16,17)/t10?,11-/m0/s1. The van der Waals surface area contributed by atoms with E-state index in [0.717, 1.165) is 5.56 Å². The summed E-state index contributed by atoms with van der Waals surface area (Å²) in [5.41, 5.74) is 6.79. The molecule has 1 amide bonds. The van der Waals surface area contributed by atoms with Crippen molar-refractivity contribution in [2.75, 3.05) is 20.3 Å². The monoisotopic (exact) mass is 266 g/mol. The summed E-state index contributed by atoms with van der Waals surface area (Å²) in [4.78, 5) is 11.6. The second kappa shape index (κ2) is 7.76. The van der Waals surface area contributed by atoms with Crippen LogP contribution in [0.1, 0.15) is 25.5 Å². The Hall–Kier alpha value is -1.59. The van der Waals surface area contributed by atoms with Crippen molar-refractivity contribution in [3.8, 4) is 5.75 Å². The van der Waals surface area contributed by atoms with Crippen molar-refractivity contribution in [3.63, 3.8) is 0 Å². The first-order valence-corrected chi connectivity index (χ1v) is 6.29. The van der Waals surface area contributed by atoms with E-state index in [9.17, 15) is 4.79 Å². The summed E-state index contributed by atoms with van der Waals surface area (Å²) < 4.78 is 10.3. The first-order valence-electron chi connectivity index (χ1n) is 6.29. The van der Waals surface area contributed by atoms with Gasteiger partial charge in [0, 0.05) is 19.2 Å². The molecule has 5 nitrogen and oxygen atoms in total. The van der Waals surface area contributed by atoms with E-state index in [0.29, 0.717) is 12.4 Å². The molecule has 1 unspecified atom stereocenters. The molecular weight excluding hydrogens is 244 g/mol. The Morgan fingerprint density at radius 3 is 2.47 bits per heavy atom. The van der Waals surface area contributed by atoms with E-state index < -0.39 is 0 Å². The molecule has 3 N–H and O–H groups in total. The van der Waals surface area contributed by atoms with Crippen LogP contribution in [0.15, 0.2) is 24.3 Å². The third kappa shape index (κ3) is 5.72. The Morgan fingerprint density at radius 1 is 1.32 bits per heavy atom. The summed E-state index contributed by atoms with van der Waals surface area (Å²) in [6.45, 7) is 4.26. The fourth-order valence-corrected chi connectivity index (χ4v) is 1.62. The fourth-order valence-electron chi connectivity index (χ4n) is 1.62. The Kier molecular flexibility index (Phi) is 6.32. The van der Waals surface area contributed by atoms with E-state index in [1.54, 1.807) is 7.11 Å². The smallest absolute Gasteiger partial charge is 0.258 e. The quantitative estimate of drug-likeness (QED) is 0.778. The highest BCUT2D eigenvalue weighted by molar-refractivity contribution is 5.77. The van der Waals surface area contributed by atoms with Gasteiger partial charge in [-0.15, -0.1) is 0 Å². The number of hydrogen-bond acceptors (Lipinski definition) is 4. The molecule has 0 spiro atoms. The van der Waals surface area contributed by atoms with Gasteiger partial charge in [-0.25, -0.2) is 0 Å². The predicted octanol–water partition coefficient (Wildman–Crippen LogP) is 1.24. The van der Waals surface area contributed by atoms with Crippen molar-refractivity contribution in [2.45, 2.75) is 25.9 Å². The number of rotatable bonds is 7. The maximum Gasteiger partial charge on any atom is 0.258 e. The zero-order valence-electron chi connectivity index (χ0n) is 11.7. The lowest BCUT2D eigenvalue weighted by atomic mass is 10.1. The lowest BCUT2D eigenvalue weighted by molar-refractivity contribution is -0.124. The van der Waals surface area contributed by atoms with Crippen molar-refractivity contribution in [1.82, 2.24) is 5.32 Å². The molecule has 0 heterocycles. The topological polar surface area (TPSA) is 73.6 Å². The van der Waals surface area contributed by atoms with Gasteiger partial charge in [-0.2, -0.15) is 0 Å². The lowest BCUT2D eigenvalue weighted by Crippen LogP contribution is -2.38. The summed E-state index contributed by atoms with van der Waals surface area (Å²) in [5, 5.41) is 2.77. The molecule has 106 valence electrons. The van der Waals surface area contributed by atoms with Gasteiger partial charge in [0.1, 0.15) is 5.75 Å². The predicted molar refractivity (Wildman–Crippen MR) is 74.0 cm³/mol. The van der Waals surface area contributed by atoms with E-state index >= 15 is 0 Å². The molecule has 0 radical (unpaired) electrons. The van der Waals surface area contributed by atoms with E-state index in [1.165, 1.54) is 0 Å². The number of nitrogens with two attached hydrogens (primary N) is 1. The van der Waals surface area contributed by atoms with Crippen LogP contribution in [-0.4, -0.2) is 32.3 Å². The highest BCUT2D eigenvalue weighted by Crippen LogP contribution is 2.15. The summed E-state index contributed by atoms with van der Waals surface area (Å²) in [5.74, 6) is 0.486. The van der Waals surface area contributed by atoms with Crippen LogP contribution >= 0.6 is 0 Å². The Morgan fingerprint density at radius 2 is 1.95 bits per heavy atom. The molecular formula is C14H22N2O3. The van der Waals surface area contributed by atoms with E-state index in [-0.39, 0.29) is 24.6 Å². The molecule has 0 aliphatic rings. The number of nitrogens with one attached hydrogen (secondary N) is 1. The molecule has 2 atom stereocenters. The molecule has 1 rings (SSSR count). The van der Waals surface area contributed by atoms with Gasteiger partial charge in [0.25, 0.3) is 5.91 Å². The normalized spacial score (nSPS) is 13.7. The second-order valence-corrected chi connectivity index (χ2v) is 4.57. The van der Waals surface area contributed by atoms with Gasteiger partial charge in [0.15, 0.2) is 6.61 Å². The molecule has 0 aliphatic carbocycles. The molecule has 1 aromatic carbocycles. The van der Waals surface area contributed by atoms with Crippen LogP contribution in [-0.2, 0) is 9.53 Å². The van der Waals surface area contributed by atoms with Crippen molar-refractivity contribution in [1.29, 1.82) is 0 Å². The lowest BCUT2D eigenvalue weighted by Gasteiger charge is -2.13. The van der Waals surface area contributed by atoms with Gasteiger partial charge in [0.2, 0.25) is 0 Å². The summed E-state index contributed by atoms with van der Waals surface area (Å²) in [6, 6.07) is 7.38. The van der Waals surface area contributed by atoms with Gasteiger partial charge in [-0.05, 0) is 31.5 Å². The highest BCUT2D eigenvalue weighted by Gasteiger charge is 2.07. The molecule has 0 bridgehead atoms. The molecule has 19 heavy (non-hydrogen) atoms. The fraction of sp³-hybridized carbons (Fsp3) is 0.500. The van der Waals surface area contributed by atoms with Gasteiger partial charge in [-0.3, -0.25) is 4.79 Å². The first-order chi connectivity index (χ1) is 9.02. The van der Waals surface area contributed by atoms with Crippen LogP contribution in [0.2, 0.25) is 0 Å². The van der Waals surface area contributed by atoms with Gasteiger partial charge in [-0.1, -0.05) is 12.1 Å². The van der Waals surface area contributed by atoms with E-state index in [4.69, 9.17) is 15.2 Å². The Labute approximate surface area is 114 Å². The van der Waals surface area contributed by atoms with Crippen LogP contribution in [0.5, 0.6) is 5.75 Å². The molecule has 0 fully saturated rings. The minimum atomic E-state index is -0.166. The zero-order chi connectivity index (χ0) is 14.3. The minimum Gasteiger partial charge on any atom is -0.484 e. The molecule has 0 saturated heterocycles. The van der Waals surface area contributed by atoms with Crippen molar-refractivity contribution in [2.24, 2.45) is 5.73 Å². The average Bonchev–Trinajstić information content (AvgIpc) is 2.37. The number of ether oxygens (including phenoxy) is 2. The highest BCUT2D eigenvalue weighted by atomic mass is 16.5. The number of amides is 1. The number of benzene rings is 1. The summed E-state index contributed by atoms with van der Waals surface area (Å²) in [7, 11) is 1.60. The molecule has 0 aliphatic heterocycles. The van der Waals surface area contributed by atoms with Crippen molar-refractivity contribution < 1.29 is 14.3 Å². The van der Waals surface area contributed by atoms with Crippen LogP contribution in [0.4, 0.5) is 0 Å². The van der Waals surface area contributed by atoms with Crippen LogP contribution < -0.4 is 15.8 Å². The van der Waals surface area contributed by atoms with Crippen molar-refractivity contribution >= 4 is 5.91 Å². The number of methoxy groups -OCH3 is 1. The maximum absolute atomic E-state index is 11.6. The summed E-state index contributed by atoms with van der Waals surface area (Å²) >= 11 is 0. The minimum absolute atomic E-state index is 0.00718. The number of carbonyl (C=O) groups excluding carboxylic acids is 1. The van der Waals surface area contributed by atoms with Crippen LogP contribution in [0, 0.1) is 0 Å². The zero-order valence-corrected chi connectivity index (χ0v) is 11.7. The van der Waals surface area contributed by atoms with Gasteiger partial charge >= 0.3 is 0 Å². The third-order valence-corrected chi connectivity index (χ3v) is 2.60. The SMILES string of the molecule is COCC(C)NC(=O)COc1ccc([C@H](C)N)cc1. The molecule has 1 aromatic rings. The largest absolute Gasteiger partial charge is 0.484 e. The van der Waals surface area contributed by atoms with Crippen LogP contribution in [0.25, 0.3) is 0 Å². The second-order valence-electron chi connectivity index (χ2n) is 4.57. The van der Waals surface area contributed by atoms with Gasteiger partial charge in [0.05, 0.1) is 6.61 Å². The molecule has 0 aromatic heterocycles. The number of carbonyl (C=O) groups is 1. The van der Waals surface area contributed by atoms with E-state index in [1.807, 2.05) is 38.1 Å². The Bertz CT molecular complexity index is 390. The van der Waals surface area contributed by atoms with Gasteiger partial charge < -0.3 is 20.5 Å². The van der Waals surface area contributed by atoms with Crippen molar-refractivity contribution in [3.05, 3.63) is 29.8 Å². The number of hydrogen-bond donors (Lipinski definition) is 2. The first kappa shape index (κ1) is 15.5. The van der Waals surface area contributed by atoms with Crippen LogP contribution in [0.3, 0.4) is 0 Å². The molecule has 5 heteroatoms. The summed E-state index contributed by atoms with van der Waals surface area (Å²) in [6.07, 6.45) is 0. The maximum atomic E-state index is 11.6. The Balaban J connectivity index is 2.37.